The van der Waals surface area contributed by atoms with E-state index in [2.05, 4.69) is 0 Å². The molecule has 1 aliphatic rings. The van der Waals surface area contributed by atoms with Gasteiger partial charge in [-0.15, -0.1) is 23.7 Å². The standard InChI is InChI=1S/C11H18N2O2S2.ClH/c1-8-6-9(2)16-11(8)17(14,15)13-5-3-4-10(13)7-12;/h6,10H,3-5,7,12H2,1-2H3;1H. The average molecular weight is 311 g/mol. The normalized spacial score (nSPS) is 20.9. The molecule has 4 nitrogen and oxygen atoms in total. The number of nitrogens with zero attached hydrogens (tertiary/aromatic N) is 1. The van der Waals surface area contributed by atoms with E-state index < -0.39 is 10.0 Å². The van der Waals surface area contributed by atoms with Crippen LogP contribution in [0.2, 0.25) is 0 Å². The molecule has 18 heavy (non-hydrogen) atoms. The molecule has 1 saturated heterocycles. The highest BCUT2D eigenvalue weighted by atomic mass is 35.5. The average Bonchev–Trinajstić information content (AvgIpc) is 2.84. The maximum absolute atomic E-state index is 12.5. The molecule has 104 valence electrons. The van der Waals surface area contributed by atoms with Gasteiger partial charge in [0.2, 0.25) is 0 Å². The molecule has 0 amide bonds. The zero-order valence-corrected chi connectivity index (χ0v) is 13.0. The Bertz CT molecular complexity index is 513. The summed E-state index contributed by atoms with van der Waals surface area (Å²) in [4.78, 5) is 1.03. The Labute approximate surface area is 119 Å². The number of hydrogen-bond donors (Lipinski definition) is 1. The van der Waals surface area contributed by atoms with Crippen molar-refractivity contribution in [3.8, 4) is 0 Å². The Morgan fingerprint density at radius 3 is 2.67 bits per heavy atom. The number of nitrogens with two attached hydrogens (primary N) is 1. The molecule has 1 fully saturated rings. The molecule has 1 aromatic rings. The van der Waals surface area contributed by atoms with Crippen molar-refractivity contribution in [3.63, 3.8) is 0 Å². The number of aryl methyl sites for hydroxylation is 2. The molecule has 0 spiro atoms. The minimum atomic E-state index is -3.34. The lowest BCUT2D eigenvalue weighted by atomic mass is 10.2. The van der Waals surface area contributed by atoms with E-state index in [0.717, 1.165) is 23.3 Å². The van der Waals surface area contributed by atoms with Gasteiger partial charge in [0.25, 0.3) is 10.0 Å². The summed E-state index contributed by atoms with van der Waals surface area (Å²) >= 11 is 1.35. The summed E-state index contributed by atoms with van der Waals surface area (Å²) in [6.45, 7) is 4.79. The van der Waals surface area contributed by atoms with Crippen LogP contribution in [-0.4, -0.2) is 31.9 Å². The topological polar surface area (TPSA) is 63.4 Å². The second-order valence-electron chi connectivity index (χ2n) is 4.48. The van der Waals surface area contributed by atoms with Crippen LogP contribution in [0, 0.1) is 13.8 Å². The lowest BCUT2D eigenvalue weighted by Crippen LogP contribution is -2.39. The fourth-order valence-corrected chi connectivity index (χ4v) is 5.83. The van der Waals surface area contributed by atoms with Gasteiger partial charge in [-0.25, -0.2) is 8.42 Å². The van der Waals surface area contributed by atoms with Gasteiger partial charge in [-0.2, -0.15) is 4.31 Å². The Balaban J connectivity index is 0.00000162. The summed E-state index contributed by atoms with van der Waals surface area (Å²) in [5, 5.41) is 0. The van der Waals surface area contributed by atoms with Gasteiger partial charge in [0, 0.05) is 24.0 Å². The summed E-state index contributed by atoms with van der Waals surface area (Å²) in [7, 11) is -3.34. The molecular weight excluding hydrogens is 292 g/mol. The van der Waals surface area contributed by atoms with Gasteiger partial charge >= 0.3 is 0 Å². The third-order valence-corrected chi connectivity index (χ3v) is 6.85. The smallest absolute Gasteiger partial charge is 0.253 e. The van der Waals surface area contributed by atoms with Crippen molar-refractivity contribution in [1.29, 1.82) is 0 Å². The van der Waals surface area contributed by atoms with Crippen molar-refractivity contribution in [2.24, 2.45) is 5.73 Å². The lowest BCUT2D eigenvalue weighted by molar-refractivity contribution is 0.394. The number of halogens is 1. The summed E-state index contributed by atoms with van der Waals surface area (Å²) in [5.41, 5.74) is 6.48. The number of hydrogen-bond acceptors (Lipinski definition) is 4. The Kier molecular flexibility index (Phi) is 5.20. The second kappa shape index (κ2) is 5.88. The van der Waals surface area contributed by atoms with Crippen LogP contribution in [0.5, 0.6) is 0 Å². The van der Waals surface area contributed by atoms with Crippen LogP contribution >= 0.6 is 23.7 Å². The zero-order valence-electron chi connectivity index (χ0n) is 10.5. The third kappa shape index (κ3) is 2.72. The van der Waals surface area contributed by atoms with Crippen LogP contribution in [0.3, 0.4) is 0 Å². The van der Waals surface area contributed by atoms with Gasteiger partial charge in [-0.3, -0.25) is 0 Å². The Morgan fingerprint density at radius 1 is 1.50 bits per heavy atom. The van der Waals surface area contributed by atoms with Gasteiger partial charge in [0.1, 0.15) is 4.21 Å². The van der Waals surface area contributed by atoms with E-state index in [9.17, 15) is 8.42 Å². The molecule has 0 aliphatic carbocycles. The second-order valence-corrected chi connectivity index (χ2v) is 7.82. The zero-order chi connectivity index (χ0) is 12.6. The largest absolute Gasteiger partial charge is 0.329 e. The van der Waals surface area contributed by atoms with Gasteiger partial charge in [-0.1, -0.05) is 0 Å². The van der Waals surface area contributed by atoms with Crippen molar-refractivity contribution in [3.05, 3.63) is 16.5 Å². The number of sulfonamides is 1. The summed E-state index contributed by atoms with van der Waals surface area (Å²) in [5.74, 6) is 0. The first-order chi connectivity index (χ1) is 7.96. The fraction of sp³-hybridized carbons (Fsp3) is 0.636. The van der Waals surface area contributed by atoms with E-state index in [4.69, 9.17) is 5.73 Å². The number of thiophene rings is 1. The molecule has 1 atom stereocenters. The van der Waals surface area contributed by atoms with Gasteiger partial charge in [-0.05, 0) is 38.3 Å². The highest BCUT2D eigenvalue weighted by Crippen LogP contribution is 2.32. The first kappa shape index (κ1) is 15.9. The molecule has 0 aromatic carbocycles. The predicted molar refractivity (Wildman–Crippen MR) is 77.0 cm³/mol. The van der Waals surface area contributed by atoms with Crippen LogP contribution in [0.25, 0.3) is 0 Å². The molecule has 1 unspecified atom stereocenters. The lowest BCUT2D eigenvalue weighted by Gasteiger charge is -2.22. The van der Waals surface area contributed by atoms with Crippen LogP contribution in [0.1, 0.15) is 23.3 Å². The first-order valence-corrected chi connectivity index (χ1v) is 8.01. The van der Waals surface area contributed by atoms with E-state index in [-0.39, 0.29) is 18.4 Å². The predicted octanol–water partition coefficient (Wildman–Crippen LogP) is 1.90. The molecule has 7 heteroatoms. The van der Waals surface area contributed by atoms with Crippen molar-refractivity contribution in [2.75, 3.05) is 13.1 Å². The van der Waals surface area contributed by atoms with E-state index in [1.807, 2.05) is 19.9 Å². The SMILES string of the molecule is Cc1cc(C)c(S(=O)(=O)N2CCCC2CN)s1.Cl. The van der Waals surface area contributed by atoms with E-state index >= 15 is 0 Å². The molecule has 0 bridgehead atoms. The van der Waals surface area contributed by atoms with E-state index in [1.54, 1.807) is 4.31 Å². The van der Waals surface area contributed by atoms with Gasteiger partial charge in [0.05, 0.1) is 0 Å². The van der Waals surface area contributed by atoms with Gasteiger partial charge in [0.15, 0.2) is 0 Å². The van der Waals surface area contributed by atoms with Crippen LogP contribution < -0.4 is 5.73 Å². The summed E-state index contributed by atoms with van der Waals surface area (Å²) in [6.07, 6.45) is 1.78. The Morgan fingerprint density at radius 2 is 2.17 bits per heavy atom. The maximum Gasteiger partial charge on any atom is 0.253 e. The Hall–Kier alpha value is -0.140. The van der Waals surface area contributed by atoms with Crippen molar-refractivity contribution in [1.82, 2.24) is 4.31 Å². The van der Waals surface area contributed by atoms with Crippen molar-refractivity contribution in [2.45, 2.75) is 36.9 Å². The highest BCUT2D eigenvalue weighted by molar-refractivity contribution is 7.91. The molecule has 1 aliphatic heterocycles. The van der Waals surface area contributed by atoms with Crippen LogP contribution in [0.15, 0.2) is 10.3 Å². The van der Waals surface area contributed by atoms with Crippen LogP contribution in [-0.2, 0) is 10.0 Å². The molecule has 2 heterocycles. The van der Waals surface area contributed by atoms with Crippen molar-refractivity contribution >= 4 is 33.8 Å². The summed E-state index contributed by atoms with van der Waals surface area (Å²) in [6, 6.07) is 1.90. The maximum atomic E-state index is 12.5. The van der Waals surface area contributed by atoms with Crippen molar-refractivity contribution < 1.29 is 8.42 Å². The molecule has 0 saturated carbocycles. The third-order valence-electron chi connectivity index (χ3n) is 3.13. The summed E-state index contributed by atoms with van der Waals surface area (Å²) < 4.78 is 27.1. The van der Waals surface area contributed by atoms with Gasteiger partial charge < -0.3 is 5.73 Å². The fourth-order valence-electron chi connectivity index (χ4n) is 2.34. The minimum Gasteiger partial charge on any atom is -0.329 e. The molecular formula is C11H19ClN2O2S2. The molecule has 1 aromatic heterocycles. The molecule has 0 radical (unpaired) electrons. The first-order valence-electron chi connectivity index (χ1n) is 5.75. The highest BCUT2D eigenvalue weighted by Gasteiger charge is 2.36. The van der Waals surface area contributed by atoms with E-state index in [1.165, 1.54) is 11.3 Å². The van der Waals surface area contributed by atoms with Crippen LogP contribution in [0.4, 0.5) is 0 Å². The molecule has 2 rings (SSSR count). The quantitative estimate of drug-likeness (QED) is 0.927. The minimum absolute atomic E-state index is 0. The molecule has 2 N–H and O–H groups in total. The monoisotopic (exact) mass is 310 g/mol. The van der Waals surface area contributed by atoms with E-state index in [0.29, 0.717) is 17.3 Å². The number of rotatable bonds is 3.